The molecule has 2 rings (SSSR count). The summed E-state index contributed by atoms with van der Waals surface area (Å²) in [5.74, 6) is 5.17. The van der Waals surface area contributed by atoms with Crippen LogP contribution in [0.2, 0.25) is 0 Å². The predicted molar refractivity (Wildman–Crippen MR) is 57.8 cm³/mol. The van der Waals surface area contributed by atoms with Crippen LogP contribution in [0.4, 0.5) is 0 Å². The Morgan fingerprint density at radius 3 is 2.80 bits per heavy atom. The van der Waals surface area contributed by atoms with Gasteiger partial charge in [-0.2, -0.15) is 0 Å². The van der Waals surface area contributed by atoms with E-state index in [-0.39, 0.29) is 6.10 Å². The number of nitrogens with two attached hydrogens (primary N) is 1. The number of pyridine rings is 1. The Labute approximate surface area is 90.0 Å². The van der Waals surface area contributed by atoms with E-state index < -0.39 is 0 Å². The molecule has 0 atom stereocenters. The number of likely N-dealkylation sites (tertiary alicyclic amines) is 1. The van der Waals surface area contributed by atoms with Crippen molar-refractivity contribution in [1.29, 1.82) is 0 Å². The number of rotatable bonds is 3. The molecule has 1 aliphatic heterocycles. The molecule has 1 aromatic heterocycles. The van der Waals surface area contributed by atoms with Crippen LogP contribution in [0.15, 0.2) is 24.4 Å². The number of piperidine rings is 1. The molecule has 0 radical (unpaired) electrons. The molecule has 1 saturated heterocycles. The molecular weight excluding hydrogens is 190 g/mol. The third kappa shape index (κ3) is 2.99. The van der Waals surface area contributed by atoms with Crippen LogP contribution in [0.1, 0.15) is 18.5 Å². The van der Waals surface area contributed by atoms with Gasteiger partial charge in [0.15, 0.2) is 0 Å². The Balaban J connectivity index is 1.82. The Kier molecular flexibility index (Phi) is 3.66. The van der Waals surface area contributed by atoms with Gasteiger partial charge in [0.25, 0.3) is 0 Å². The summed E-state index contributed by atoms with van der Waals surface area (Å²) in [6, 6.07) is 6.03. The highest BCUT2D eigenvalue weighted by Gasteiger charge is 2.19. The highest BCUT2D eigenvalue weighted by atomic mass is 16.6. The first-order valence-electron chi connectivity index (χ1n) is 5.36. The van der Waals surface area contributed by atoms with E-state index in [0.29, 0.717) is 0 Å². The highest BCUT2D eigenvalue weighted by Crippen LogP contribution is 2.13. The molecule has 0 aliphatic carbocycles. The monoisotopic (exact) mass is 207 g/mol. The van der Waals surface area contributed by atoms with Crippen LogP contribution in [0, 0.1) is 0 Å². The zero-order chi connectivity index (χ0) is 10.5. The van der Waals surface area contributed by atoms with Crippen LogP contribution in [0.25, 0.3) is 0 Å². The van der Waals surface area contributed by atoms with Gasteiger partial charge in [0.05, 0.1) is 11.8 Å². The Morgan fingerprint density at radius 1 is 1.40 bits per heavy atom. The largest absolute Gasteiger partial charge is 0.301 e. The van der Waals surface area contributed by atoms with E-state index in [4.69, 9.17) is 10.7 Å². The van der Waals surface area contributed by atoms with Crippen LogP contribution in [-0.4, -0.2) is 29.1 Å². The normalized spacial score (nSPS) is 19.3. The van der Waals surface area contributed by atoms with Crippen LogP contribution in [0.3, 0.4) is 0 Å². The minimum atomic E-state index is 0.241. The lowest BCUT2D eigenvalue weighted by Crippen LogP contribution is -2.37. The quantitative estimate of drug-likeness (QED) is 0.749. The lowest BCUT2D eigenvalue weighted by atomic mass is 10.1. The van der Waals surface area contributed by atoms with E-state index in [0.717, 1.165) is 38.2 Å². The van der Waals surface area contributed by atoms with E-state index in [1.165, 1.54) is 0 Å². The standard InChI is InChI=1S/C11H17N3O/c12-15-11-4-7-14(8-5-11)9-10-3-1-2-6-13-10/h1-3,6,11H,4-5,7-9,12H2. The second-order valence-electron chi connectivity index (χ2n) is 3.93. The first kappa shape index (κ1) is 10.5. The van der Waals surface area contributed by atoms with Gasteiger partial charge < -0.3 is 4.84 Å². The summed E-state index contributed by atoms with van der Waals surface area (Å²) < 4.78 is 0. The smallest absolute Gasteiger partial charge is 0.0811 e. The molecule has 0 amide bonds. The molecule has 1 aliphatic rings. The topological polar surface area (TPSA) is 51.4 Å². The van der Waals surface area contributed by atoms with Gasteiger partial charge in [-0.15, -0.1) is 0 Å². The average Bonchev–Trinajstić information content (AvgIpc) is 2.31. The third-order valence-corrected chi connectivity index (χ3v) is 2.84. The van der Waals surface area contributed by atoms with Crippen LogP contribution in [0.5, 0.6) is 0 Å². The summed E-state index contributed by atoms with van der Waals surface area (Å²) in [4.78, 5) is 11.5. The van der Waals surface area contributed by atoms with Gasteiger partial charge in [0.1, 0.15) is 0 Å². The Hall–Kier alpha value is -0.970. The van der Waals surface area contributed by atoms with E-state index in [2.05, 4.69) is 16.0 Å². The van der Waals surface area contributed by atoms with Crippen molar-refractivity contribution < 1.29 is 4.84 Å². The van der Waals surface area contributed by atoms with Gasteiger partial charge in [0, 0.05) is 25.8 Å². The van der Waals surface area contributed by atoms with Gasteiger partial charge in [-0.25, -0.2) is 5.90 Å². The molecule has 0 unspecified atom stereocenters. The van der Waals surface area contributed by atoms with Gasteiger partial charge in [-0.3, -0.25) is 9.88 Å². The van der Waals surface area contributed by atoms with Gasteiger partial charge in [-0.1, -0.05) is 6.07 Å². The van der Waals surface area contributed by atoms with Crippen molar-refractivity contribution in [3.63, 3.8) is 0 Å². The van der Waals surface area contributed by atoms with Gasteiger partial charge in [0.2, 0.25) is 0 Å². The minimum Gasteiger partial charge on any atom is -0.301 e. The zero-order valence-electron chi connectivity index (χ0n) is 8.80. The van der Waals surface area contributed by atoms with E-state index in [9.17, 15) is 0 Å². The molecule has 0 bridgehead atoms. The van der Waals surface area contributed by atoms with Crippen molar-refractivity contribution in [2.75, 3.05) is 13.1 Å². The average molecular weight is 207 g/mol. The molecule has 15 heavy (non-hydrogen) atoms. The van der Waals surface area contributed by atoms with Crippen molar-refractivity contribution in [1.82, 2.24) is 9.88 Å². The van der Waals surface area contributed by atoms with Crippen molar-refractivity contribution in [2.45, 2.75) is 25.5 Å². The summed E-state index contributed by atoms with van der Waals surface area (Å²) in [5, 5.41) is 0. The van der Waals surface area contributed by atoms with Crippen LogP contribution < -0.4 is 5.90 Å². The predicted octanol–water partition coefficient (Wildman–Crippen LogP) is 0.936. The first-order valence-corrected chi connectivity index (χ1v) is 5.36. The Bertz CT molecular complexity index is 283. The molecule has 0 aromatic carbocycles. The molecule has 0 saturated carbocycles. The van der Waals surface area contributed by atoms with Crippen molar-refractivity contribution in [3.05, 3.63) is 30.1 Å². The number of aromatic nitrogens is 1. The Morgan fingerprint density at radius 2 is 2.20 bits per heavy atom. The highest BCUT2D eigenvalue weighted by molar-refractivity contribution is 5.03. The maximum absolute atomic E-state index is 5.17. The third-order valence-electron chi connectivity index (χ3n) is 2.84. The molecule has 2 N–H and O–H groups in total. The van der Waals surface area contributed by atoms with Crippen LogP contribution >= 0.6 is 0 Å². The van der Waals surface area contributed by atoms with E-state index in [1.54, 1.807) is 0 Å². The summed E-state index contributed by atoms with van der Waals surface area (Å²) in [6.07, 6.45) is 4.11. The summed E-state index contributed by atoms with van der Waals surface area (Å²) >= 11 is 0. The number of nitrogens with zero attached hydrogens (tertiary/aromatic N) is 2. The molecule has 1 fully saturated rings. The summed E-state index contributed by atoms with van der Waals surface area (Å²) in [5.41, 5.74) is 1.13. The second kappa shape index (κ2) is 5.21. The minimum absolute atomic E-state index is 0.241. The van der Waals surface area contributed by atoms with Crippen molar-refractivity contribution >= 4 is 0 Å². The molecule has 0 spiro atoms. The van der Waals surface area contributed by atoms with Crippen LogP contribution in [-0.2, 0) is 11.4 Å². The maximum Gasteiger partial charge on any atom is 0.0811 e. The van der Waals surface area contributed by atoms with Gasteiger partial charge >= 0.3 is 0 Å². The molecular formula is C11H17N3O. The fraction of sp³-hybridized carbons (Fsp3) is 0.545. The SMILES string of the molecule is NOC1CCN(Cc2ccccn2)CC1. The molecule has 4 heteroatoms. The number of hydrogen-bond donors (Lipinski definition) is 1. The first-order chi connectivity index (χ1) is 7.38. The van der Waals surface area contributed by atoms with Crippen molar-refractivity contribution in [3.8, 4) is 0 Å². The lowest BCUT2D eigenvalue weighted by molar-refractivity contribution is 0.00471. The fourth-order valence-electron chi connectivity index (χ4n) is 1.92. The molecule has 2 heterocycles. The molecule has 1 aromatic rings. The summed E-state index contributed by atoms with van der Waals surface area (Å²) in [6.45, 7) is 3.01. The fourth-order valence-corrected chi connectivity index (χ4v) is 1.92. The lowest BCUT2D eigenvalue weighted by Gasteiger charge is -2.30. The van der Waals surface area contributed by atoms with Gasteiger partial charge in [-0.05, 0) is 25.0 Å². The maximum atomic E-state index is 5.17. The van der Waals surface area contributed by atoms with Crippen molar-refractivity contribution in [2.24, 2.45) is 5.90 Å². The molecule has 4 nitrogen and oxygen atoms in total. The van der Waals surface area contributed by atoms with E-state index >= 15 is 0 Å². The summed E-state index contributed by atoms with van der Waals surface area (Å²) in [7, 11) is 0. The second-order valence-corrected chi connectivity index (χ2v) is 3.93. The van der Waals surface area contributed by atoms with E-state index in [1.807, 2.05) is 18.3 Å². The number of hydrogen-bond acceptors (Lipinski definition) is 4. The molecule has 82 valence electrons. The zero-order valence-corrected chi connectivity index (χ0v) is 8.80.